The summed E-state index contributed by atoms with van der Waals surface area (Å²) >= 11 is 0. The summed E-state index contributed by atoms with van der Waals surface area (Å²) in [5.74, 6) is 5.85. The van der Waals surface area contributed by atoms with Gasteiger partial charge in [0.1, 0.15) is 5.82 Å². The molecule has 0 spiro atoms. The summed E-state index contributed by atoms with van der Waals surface area (Å²) in [6.07, 6.45) is 0.666. The van der Waals surface area contributed by atoms with Crippen molar-refractivity contribution >= 4 is 6.16 Å². The van der Waals surface area contributed by atoms with Gasteiger partial charge >= 0.3 is 6.16 Å². The van der Waals surface area contributed by atoms with Crippen LogP contribution in [-0.4, -0.2) is 22.8 Å². The van der Waals surface area contributed by atoms with Crippen molar-refractivity contribution in [2.45, 2.75) is 6.61 Å². The molecule has 7 heteroatoms. The SMILES string of the molecule is COC(=O)OCc1ncc(ON)n1C. The molecule has 14 heavy (non-hydrogen) atoms. The third-order valence-electron chi connectivity index (χ3n) is 1.65. The van der Waals surface area contributed by atoms with Gasteiger partial charge in [-0.2, -0.15) is 5.90 Å². The Morgan fingerprint density at radius 1 is 1.71 bits per heavy atom. The quantitative estimate of drug-likeness (QED) is 0.545. The lowest BCUT2D eigenvalue weighted by Gasteiger charge is -2.04. The van der Waals surface area contributed by atoms with E-state index in [-0.39, 0.29) is 6.61 Å². The monoisotopic (exact) mass is 201 g/mol. The van der Waals surface area contributed by atoms with Crippen LogP contribution in [0, 0.1) is 0 Å². The van der Waals surface area contributed by atoms with Gasteiger partial charge in [0.2, 0.25) is 5.88 Å². The fourth-order valence-electron chi connectivity index (χ4n) is 0.856. The molecule has 7 nitrogen and oxygen atoms in total. The maximum absolute atomic E-state index is 10.6. The number of nitrogens with two attached hydrogens (primary N) is 1. The van der Waals surface area contributed by atoms with Crippen LogP contribution in [-0.2, 0) is 23.1 Å². The van der Waals surface area contributed by atoms with E-state index in [9.17, 15) is 4.79 Å². The zero-order chi connectivity index (χ0) is 10.6. The lowest BCUT2D eigenvalue weighted by Crippen LogP contribution is -2.10. The molecule has 0 bridgehead atoms. The van der Waals surface area contributed by atoms with E-state index < -0.39 is 6.16 Å². The molecule has 0 saturated carbocycles. The van der Waals surface area contributed by atoms with E-state index in [1.165, 1.54) is 13.3 Å². The van der Waals surface area contributed by atoms with Gasteiger partial charge in [0.15, 0.2) is 6.61 Å². The van der Waals surface area contributed by atoms with Gasteiger partial charge in [-0.15, -0.1) is 0 Å². The summed E-state index contributed by atoms with van der Waals surface area (Å²) in [7, 11) is 2.92. The van der Waals surface area contributed by atoms with E-state index in [2.05, 4.69) is 19.3 Å². The minimum absolute atomic E-state index is 0.00648. The Hall–Kier alpha value is -1.76. The minimum atomic E-state index is -0.761. The average molecular weight is 201 g/mol. The lowest BCUT2D eigenvalue weighted by molar-refractivity contribution is 0.0641. The molecule has 1 aromatic heterocycles. The van der Waals surface area contributed by atoms with Crippen LogP contribution in [0.2, 0.25) is 0 Å². The second kappa shape index (κ2) is 4.47. The Morgan fingerprint density at radius 2 is 2.43 bits per heavy atom. The van der Waals surface area contributed by atoms with Gasteiger partial charge in [-0.05, 0) is 0 Å². The van der Waals surface area contributed by atoms with Gasteiger partial charge in [-0.1, -0.05) is 0 Å². The first kappa shape index (κ1) is 10.3. The zero-order valence-electron chi connectivity index (χ0n) is 7.89. The summed E-state index contributed by atoms with van der Waals surface area (Å²) in [5.41, 5.74) is 0. The minimum Gasteiger partial charge on any atom is -0.438 e. The van der Waals surface area contributed by atoms with Crippen molar-refractivity contribution in [2.75, 3.05) is 7.11 Å². The molecule has 0 aromatic carbocycles. The Morgan fingerprint density at radius 3 is 2.93 bits per heavy atom. The first-order valence-electron chi connectivity index (χ1n) is 3.77. The molecule has 1 aromatic rings. The molecule has 0 atom stereocenters. The first-order chi connectivity index (χ1) is 6.69. The number of ether oxygens (including phenoxy) is 2. The Kier molecular flexibility index (Phi) is 3.29. The number of carbonyl (C=O) groups excluding carboxylic acids is 1. The van der Waals surface area contributed by atoms with Gasteiger partial charge in [-0.25, -0.2) is 9.78 Å². The number of imidazole rings is 1. The molecule has 0 saturated heterocycles. The van der Waals surface area contributed by atoms with Crippen LogP contribution >= 0.6 is 0 Å². The van der Waals surface area contributed by atoms with E-state index in [0.717, 1.165) is 0 Å². The molecular formula is C7H11N3O4. The molecular weight excluding hydrogens is 190 g/mol. The Bertz CT molecular complexity index is 323. The molecule has 0 aliphatic heterocycles. The molecule has 0 radical (unpaired) electrons. The molecule has 0 amide bonds. The number of hydrogen-bond acceptors (Lipinski definition) is 6. The summed E-state index contributed by atoms with van der Waals surface area (Å²) < 4.78 is 10.5. The van der Waals surface area contributed by atoms with Crippen LogP contribution in [0.4, 0.5) is 4.79 Å². The Balaban J connectivity index is 2.59. The molecule has 0 unspecified atom stereocenters. The number of hydrogen-bond donors (Lipinski definition) is 1. The highest BCUT2D eigenvalue weighted by Gasteiger charge is 2.09. The maximum atomic E-state index is 10.6. The first-order valence-corrected chi connectivity index (χ1v) is 3.77. The predicted molar refractivity (Wildman–Crippen MR) is 45.2 cm³/mol. The predicted octanol–water partition coefficient (Wildman–Crippen LogP) is -0.0444. The second-order valence-corrected chi connectivity index (χ2v) is 2.43. The highest BCUT2D eigenvalue weighted by molar-refractivity contribution is 5.59. The fourth-order valence-corrected chi connectivity index (χ4v) is 0.856. The maximum Gasteiger partial charge on any atom is 0.508 e. The zero-order valence-corrected chi connectivity index (χ0v) is 7.89. The summed E-state index contributed by atoms with van der Waals surface area (Å²) in [5, 5.41) is 0. The van der Waals surface area contributed by atoms with Crippen LogP contribution in [0.25, 0.3) is 0 Å². The number of rotatable bonds is 3. The highest BCUT2D eigenvalue weighted by Crippen LogP contribution is 2.10. The van der Waals surface area contributed by atoms with E-state index in [4.69, 9.17) is 5.90 Å². The molecule has 2 N–H and O–H groups in total. The molecule has 1 rings (SSSR count). The largest absolute Gasteiger partial charge is 0.508 e. The van der Waals surface area contributed by atoms with Crippen molar-refractivity contribution in [3.8, 4) is 5.88 Å². The van der Waals surface area contributed by atoms with Gasteiger partial charge in [0, 0.05) is 7.05 Å². The Labute approximate surface area is 80.3 Å². The number of nitrogens with zero attached hydrogens (tertiary/aromatic N) is 2. The van der Waals surface area contributed by atoms with Crippen LogP contribution in [0.5, 0.6) is 5.88 Å². The number of methoxy groups -OCH3 is 1. The fraction of sp³-hybridized carbons (Fsp3) is 0.429. The normalized spacial score (nSPS) is 9.64. The summed E-state index contributed by atoms with van der Waals surface area (Å²) in [6, 6.07) is 0. The van der Waals surface area contributed by atoms with Gasteiger partial charge in [-0.3, -0.25) is 4.57 Å². The average Bonchev–Trinajstić information content (AvgIpc) is 2.56. The van der Waals surface area contributed by atoms with Crippen LogP contribution < -0.4 is 10.7 Å². The van der Waals surface area contributed by atoms with Crippen LogP contribution in [0.15, 0.2) is 6.20 Å². The number of carbonyl (C=O) groups is 1. The molecule has 0 aliphatic carbocycles. The summed E-state index contributed by atoms with van der Waals surface area (Å²) in [4.78, 5) is 19.0. The van der Waals surface area contributed by atoms with Crippen molar-refractivity contribution in [2.24, 2.45) is 12.9 Å². The smallest absolute Gasteiger partial charge is 0.438 e. The van der Waals surface area contributed by atoms with Gasteiger partial charge in [0.25, 0.3) is 0 Å². The third kappa shape index (κ3) is 2.13. The lowest BCUT2D eigenvalue weighted by atomic mass is 10.6. The number of aromatic nitrogens is 2. The van der Waals surface area contributed by atoms with E-state index in [1.807, 2.05) is 0 Å². The van der Waals surface area contributed by atoms with Gasteiger partial charge in [0.05, 0.1) is 13.3 Å². The van der Waals surface area contributed by atoms with E-state index in [1.54, 1.807) is 11.6 Å². The van der Waals surface area contributed by atoms with Crippen LogP contribution in [0.3, 0.4) is 0 Å². The molecule has 0 aliphatic rings. The van der Waals surface area contributed by atoms with Crippen molar-refractivity contribution in [3.63, 3.8) is 0 Å². The van der Waals surface area contributed by atoms with E-state index >= 15 is 0 Å². The standard InChI is InChI=1S/C7H11N3O4/c1-10-5(4-13-7(11)12-2)9-3-6(10)14-8/h3H,4,8H2,1-2H3. The van der Waals surface area contributed by atoms with E-state index in [0.29, 0.717) is 11.7 Å². The van der Waals surface area contributed by atoms with Crippen LogP contribution in [0.1, 0.15) is 5.82 Å². The van der Waals surface area contributed by atoms with Crippen molar-refractivity contribution in [3.05, 3.63) is 12.0 Å². The molecule has 1 heterocycles. The molecule has 0 fully saturated rings. The van der Waals surface area contributed by atoms with Crippen molar-refractivity contribution < 1.29 is 19.1 Å². The third-order valence-corrected chi connectivity index (χ3v) is 1.65. The highest BCUT2D eigenvalue weighted by atomic mass is 16.7. The second-order valence-electron chi connectivity index (χ2n) is 2.43. The van der Waals surface area contributed by atoms with Gasteiger partial charge < -0.3 is 14.3 Å². The topological polar surface area (TPSA) is 88.6 Å². The van der Waals surface area contributed by atoms with Crippen molar-refractivity contribution in [1.82, 2.24) is 9.55 Å². The molecule has 78 valence electrons. The van der Waals surface area contributed by atoms with Crippen molar-refractivity contribution in [1.29, 1.82) is 0 Å². The summed E-state index contributed by atoms with van der Waals surface area (Å²) in [6.45, 7) is 0.00648.